The molecule has 2 aliphatic rings. The average Bonchev–Trinajstić information content (AvgIpc) is 3.11. The summed E-state index contributed by atoms with van der Waals surface area (Å²) in [5, 5.41) is 16.8. The van der Waals surface area contributed by atoms with E-state index in [0.29, 0.717) is 40.4 Å². The normalized spacial score (nSPS) is 15.4. The summed E-state index contributed by atoms with van der Waals surface area (Å²) >= 11 is 14.2. The second-order valence-corrected chi connectivity index (χ2v) is 13.0. The molecule has 1 saturated heterocycles. The van der Waals surface area contributed by atoms with Crippen LogP contribution < -0.4 is 20.1 Å². The lowest BCUT2D eigenvalue weighted by molar-refractivity contribution is 0.217. The molecule has 0 amide bonds. The summed E-state index contributed by atoms with van der Waals surface area (Å²) in [5.74, 6) is 2.20. The molecule has 8 nitrogen and oxygen atoms in total. The van der Waals surface area contributed by atoms with Crippen LogP contribution >= 0.6 is 23.2 Å². The molecule has 2 aromatic carbocycles. The Morgan fingerprint density at radius 2 is 1.81 bits per heavy atom. The highest BCUT2D eigenvalue weighted by atomic mass is 35.5. The summed E-state index contributed by atoms with van der Waals surface area (Å²) in [6, 6.07) is 15.9. The van der Waals surface area contributed by atoms with E-state index in [4.69, 9.17) is 47.8 Å². The van der Waals surface area contributed by atoms with Crippen LogP contribution in [0.15, 0.2) is 54.7 Å². The van der Waals surface area contributed by atoms with Crippen LogP contribution in [0, 0.1) is 5.92 Å². The predicted octanol–water partition coefficient (Wildman–Crippen LogP) is 6.63. The maximum atomic E-state index is 9.10. The summed E-state index contributed by atoms with van der Waals surface area (Å²) in [7, 11) is 3.34. The highest BCUT2D eigenvalue weighted by Gasteiger charge is 2.24. The van der Waals surface area contributed by atoms with Gasteiger partial charge in [0.05, 0.1) is 42.3 Å². The highest BCUT2D eigenvalue weighted by Crippen LogP contribution is 2.43. The van der Waals surface area contributed by atoms with Crippen molar-refractivity contribution in [1.29, 1.82) is 0 Å². The number of piperidine rings is 1. The van der Waals surface area contributed by atoms with Crippen molar-refractivity contribution in [2.24, 2.45) is 5.92 Å². The molecule has 1 fully saturated rings. The third-order valence-corrected chi connectivity index (χ3v) is 10.2. The molecule has 0 atom stereocenters. The molecule has 2 aliphatic heterocycles. The number of ether oxygens (including phenoxy) is 2. The van der Waals surface area contributed by atoms with Crippen molar-refractivity contribution in [2.45, 2.75) is 38.8 Å². The zero-order valence-electron chi connectivity index (χ0n) is 27.1. The van der Waals surface area contributed by atoms with Gasteiger partial charge in [0.1, 0.15) is 5.75 Å². The molecule has 4 aromatic rings. The number of halogens is 2. The number of hydrogen-bond donors (Lipinski definition) is 3. The van der Waals surface area contributed by atoms with Crippen LogP contribution in [0.4, 0.5) is 0 Å². The number of aromatic nitrogens is 2. The van der Waals surface area contributed by atoms with Crippen molar-refractivity contribution in [3.63, 3.8) is 0 Å². The number of fused-ring (bicyclic) bond motifs is 1. The van der Waals surface area contributed by atoms with Gasteiger partial charge >= 0.3 is 0 Å². The highest BCUT2D eigenvalue weighted by molar-refractivity contribution is 6.39. The average molecular weight is 677 g/mol. The molecule has 6 rings (SSSR count). The summed E-state index contributed by atoms with van der Waals surface area (Å²) in [6.07, 6.45) is 6.56. The Bertz CT molecular complexity index is 1680. The maximum Gasteiger partial charge on any atom is 0.218 e. The molecule has 3 N–H and O–H groups in total. The van der Waals surface area contributed by atoms with Gasteiger partial charge in [0.15, 0.2) is 0 Å². The molecule has 0 spiro atoms. The van der Waals surface area contributed by atoms with E-state index < -0.39 is 0 Å². The number of nitrogens with one attached hydrogen (secondary N) is 2. The molecule has 10 heteroatoms. The fourth-order valence-electron chi connectivity index (χ4n) is 6.76. The summed E-state index contributed by atoms with van der Waals surface area (Å²) in [5.41, 5.74) is 8.11. The Balaban J connectivity index is 1.26. The lowest BCUT2D eigenvalue weighted by Gasteiger charge is -2.32. The van der Waals surface area contributed by atoms with Crippen molar-refractivity contribution < 1.29 is 14.6 Å². The van der Waals surface area contributed by atoms with E-state index in [9.17, 15) is 0 Å². The van der Waals surface area contributed by atoms with Gasteiger partial charge in [-0.1, -0.05) is 47.5 Å². The van der Waals surface area contributed by atoms with Crippen molar-refractivity contribution in [3.8, 4) is 45.3 Å². The number of hydrogen-bond acceptors (Lipinski definition) is 8. The van der Waals surface area contributed by atoms with Crippen LogP contribution in [0.1, 0.15) is 36.0 Å². The molecule has 0 bridgehead atoms. The zero-order valence-corrected chi connectivity index (χ0v) is 28.6. The quantitative estimate of drug-likeness (QED) is 0.144. The van der Waals surface area contributed by atoms with Crippen LogP contribution in [0.25, 0.3) is 33.6 Å². The fraction of sp³-hybridized carbons (Fsp3) is 0.405. The molecule has 0 aliphatic carbocycles. The number of rotatable bonds is 12. The van der Waals surface area contributed by atoms with Crippen LogP contribution in [0.5, 0.6) is 11.6 Å². The van der Waals surface area contributed by atoms with Gasteiger partial charge in [-0.3, -0.25) is 9.88 Å². The van der Waals surface area contributed by atoms with Crippen LogP contribution in [-0.2, 0) is 19.5 Å². The topological polar surface area (TPSA) is 91.8 Å². The van der Waals surface area contributed by atoms with Crippen LogP contribution in [-0.4, -0.2) is 73.5 Å². The molecular weight excluding hydrogens is 633 g/mol. The molecule has 0 unspecified atom stereocenters. The van der Waals surface area contributed by atoms with E-state index in [0.717, 1.165) is 78.6 Å². The van der Waals surface area contributed by atoms with Gasteiger partial charge in [0.25, 0.3) is 0 Å². The van der Waals surface area contributed by atoms with E-state index in [1.54, 1.807) is 20.4 Å². The van der Waals surface area contributed by atoms with Gasteiger partial charge in [-0.05, 0) is 81.1 Å². The third-order valence-electron chi connectivity index (χ3n) is 9.38. The maximum absolute atomic E-state index is 9.10. The lowest BCUT2D eigenvalue weighted by Crippen LogP contribution is -2.34. The SMILES string of the molecule is COc1cc(-c2nccc(-c3cccc(-c4ccc(CNCCO)c(OC)n4)c3Cl)c2Cl)cc2c1CN(CCC1CCNCC1)CC2. The summed E-state index contributed by atoms with van der Waals surface area (Å²) in [6.45, 7) is 6.43. The molecule has 0 saturated carbocycles. The number of pyridine rings is 2. The Labute approximate surface area is 287 Å². The van der Waals surface area contributed by atoms with E-state index in [1.807, 2.05) is 36.4 Å². The number of aliphatic hydroxyl groups is 1. The Hall–Kier alpha value is -3.24. The lowest BCUT2D eigenvalue weighted by atomic mass is 9.92. The van der Waals surface area contributed by atoms with Gasteiger partial charge in [-0.2, -0.15) is 0 Å². The first kappa shape index (κ1) is 33.7. The second kappa shape index (κ2) is 15.8. The first-order valence-corrected chi connectivity index (χ1v) is 17.2. The summed E-state index contributed by atoms with van der Waals surface area (Å²) in [4.78, 5) is 12.1. The molecular formula is C37H43Cl2N5O3. The van der Waals surface area contributed by atoms with Crippen molar-refractivity contribution in [2.75, 3.05) is 53.6 Å². The van der Waals surface area contributed by atoms with Crippen molar-refractivity contribution in [1.82, 2.24) is 25.5 Å². The number of aliphatic hydroxyl groups excluding tert-OH is 1. The number of methoxy groups -OCH3 is 2. The van der Waals surface area contributed by atoms with Gasteiger partial charge in [0, 0.05) is 65.8 Å². The van der Waals surface area contributed by atoms with Crippen LogP contribution in [0.3, 0.4) is 0 Å². The van der Waals surface area contributed by atoms with E-state index >= 15 is 0 Å². The van der Waals surface area contributed by atoms with Gasteiger partial charge in [-0.25, -0.2) is 4.98 Å². The first-order chi connectivity index (χ1) is 23.0. The third kappa shape index (κ3) is 7.59. The predicted molar refractivity (Wildman–Crippen MR) is 189 cm³/mol. The molecule has 0 radical (unpaired) electrons. The minimum atomic E-state index is 0.0626. The van der Waals surface area contributed by atoms with E-state index in [2.05, 4.69) is 27.7 Å². The minimum absolute atomic E-state index is 0.0626. The van der Waals surface area contributed by atoms with Gasteiger partial charge in [0.2, 0.25) is 5.88 Å². The molecule has 47 heavy (non-hydrogen) atoms. The van der Waals surface area contributed by atoms with E-state index in [-0.39, 0.29) is 6.61 Å². The Kier molecular flexibility index (Phi) is 11.3. The second-order valence-electron chi connectivity index (χ2n) is 12.3. The number of benzene rings is 2. The number of nitrogens with zero attached hydrogens (tertiary/aromatic N) is 3. The molecule has 248 valence electrons. The molecule has 2 aromatic heterocycles. The minimum Gasteiger partial charge on any atom is -0.496 e. The van der Waals surface area contributed by atoms with Crippen LogP contribution in [0.2, 0.25) is 10.0 Å². The monoisotopic (exact) mass is 675 g/mol. The van der Waals surface area contributed by atoms with Gasteiger partial charge in [-0.15, -0.1) is 0 Å². The Morgan fingerprint density at radius 1 is 1.00 bits per heavy atom. The van der Waals surface area contributed by atoms with Gasteiger partial charge < -0.3 is 25.2 Å². The Morgan fingerprint density at radius 3 is 2.60 bits per heavy atom. The largest absolute Gasteiger partial charge is 0.496 e. The molecule has 4 heterocycles. The first-order valence-electron chi connectivity index (χ1n) is 16.4. The van der Waals surface area contributed by atoms with Crippen molar-refractivity contribution >= 4 is 23.2 Å². The fourth-order valence-corrected chi connectivity index (χ4v) is 7.40. The van der Waals surface area contributed by atoms with E-state index in [1.165, 1.54) is 30.4 Å². The standard InChI is InChI=1S/C37H43Cl2N5O3/c1-46-33-21-27(20-25-12-18-44(23-31(25)33)17-11-24-8-13-40-14-9-24)36-35(39)29(10-15-42-36)28-4-3-5-30(34(28)38)32-7-6-26(22-41-16-19-45)37(43-32)47-2/h3-7,10,15,20-21,24,40-41,45H,8-9,11-14,16-19,22-23H2,1-2H3. The smallest absolute Gasteiger partial charge is 0.218 e. The van der Waals surface area contributed by atoms with Crippen molar-refractivity contribution in [3.05, 3.63) is 81.5 Å². The zero-order chi connectivity index (χ0) is 32.8. The summed E-state index contributed by atoms with van der Waals surface area (Å²) < 4.78 is 11.5.